The van der Waals surface area contributed by atoms with E-state index in [1.807, 2.05) is 26.0 Å². The number of ether oxygens (including phenoxy) is 3. The zero-order chi connectivity index (χ0) is 21.8. The van der Waals surface area contributed by atoms with Crippen LogP contribution < -0.4 is 9.47 Å². The molecule has 1 aromatic carbocycles. The number of unbranched alkanes of at least 4 members (excludes halogenated alkanes) is 1. The number of fused-ring (bicyclic) bond motifs is 1. The molecule has 1 aliphatic rings. The van der Waals surface area contributed by atoms with Gasteiger partial charge in [0, 0.05) is 22.8 Å². The molecule has 0 unspecified atom stereocenters. The first-order chi connectivity index (χ1) is 13.6. The van der Waals surface area contributed by atoms with E-state index in [0.29, 0.717) is 23.7 Å². The van der Waals surface area contributed by atoms with Gasteiger partial charge in [0.05, 0.1) is 13.2 Å². The molecule has 160 valence electrons. The van der Waals surface area contributed by atoms with E-state index < -0.39 is 17.4 Å². The van der Waals surface area contributed by atoms with Crippen molar-refractivity contribution in [3.63, 3.8) is 0 Å². The summed E-state index contributed by atoms with van der Waals surface area (Å²) in [6.45, 7) is 14.2. The lowest BCUT2D eigenvalue weighted by molar-refractivity contribution is -0.140. The molecule has 1 aliphatic heterocycles. The van der Waals surface area contributed by atoms with Gasteiger partial charge >= 0.3 is 5.97 Å². The lowest BCUT2D eigenvalue weighted by Crippen LogP contribution is -2.30. The van der Waals surface area contributed by atoms with Crippen LogP contribution in [0, 0.1) is 5.92 Å². The molecule has 0 aliphatic carbocycles. The zero-order valence-corrected chi connectivity index (χ0v) is 18.6. The summed E-state index contributed by atoms with van der Waals surface area (Å²) in [7, 11) is 0. The maximum Gasteiger partial charge on any atom is 0.367 e. The number of rotatable bonds is 8. The summed E-state index contributed by atoms with van der Waals surface area (Å²) in [5, 5.41) is 0. The minimum absolute atomic E-state index is 0.118. The SMILES string of the molecule is CCCCOc1cc2c(cc1C(C)=C(F)C(=O)OCC)C(C(C)C)=CC(C)(C)O2. The predicted octanol–water partition coefficient (Wildman–Crippen LogP) is 6.34. The van der Waals surface area contributed by atoms with E-state index in [-0.39, 0.29) is 18.1 Å². The molecule has 0 saturated heterocycles. The molecular formula is C24H33FO4. The maximum atomic E-state index is 14.7. The largest absolute Gasteiger partial charge is 0.493 e. The van der Waals surface area contributed by atoms with Crippen LogP contribution in [0.4, 0.5) is 4.39 Å². The van der Waals surface area contributed by atoms with E-state index in [1.54, 1.807) is 13.8 Å². The Morgan fingerprint density at radius 1 is 1.24 bits per heavy atom. The molecule has 1 aromatic rings. The van der Waals surface area contributed by atoms with Gasteiger partial charge in [0.15, 0.2) is 0 Å². The van der Waals surface area contributed by atoms with E-state index in [4.69, 9.17) is 14.2 Å². The number of benzene rings is 1. The van der Waals surface area contributed by atoms with Crippen molar-refractivity contribution in [2.24, 2.45) is 5.92 Å². The molecule has 0 N–H and O–H groups in total. The first kappa shape index (κ1) is 23.0. The van der Waals surface area contributed by atoms with E-state index >= 15 is 0 Å². The van der Waals surface area contributed by atoms with E-state index in [1.165, 1.54) is 0 Å². The van der Waals surface area contributed by atoms with Crippen LogP contribution in [0.2, 0.25) is 0 Å². The van der Waals surface area contributed by atoms with Gasteiger partial charge < -0.3 is 14.2 Å². The third kappa shape index (κ3) is 5.40. The number of carbonyl (C=O) groups excluding carboxylic acids is 1. The number of halogens is 1. The van der Waals surface area contributed by atoms with Gasteiger partial charge in [-0.15, -0.1) is 0 Å². The highest BCUT2D eigenvalue weighted by atomic mass is 19.1. The molecule has 0 saturated carbocycles. The van der Waals surface area contributed by atoms with Crippen LogP contribution in [0.3, 0.4) is 0 Å². The average Bonchev–Trinajstić information content (AvgIpc) is 2.65. The summed E-state index contributed by atoms with van der Waals surface area (Å²) in [6, 6.07) is 3.69. The second-order valence-electron chi connectivity index (χ2n) is 8.17. The normalized spacial score (nSPS) is 15.8. The fourth-order valence-corrected chi connectivity index (χ4v) is 3.32. The maximum absolute atomic E-state index is 14.7. The minimum atomic E-state index is -0.959. The molecule has 4 nitrogen and oxygen atoms in total. The number of allylic oxidation sites excluding steroid dienone is 2. The third-order valence-electron chi connectivity index (χ3n) is 4.83. The molecular weight excluding hydrogens is 371 g/mol. The van der Waals surface area contributed by atoms with Gasteiger partial charge in [-0.1, -0.05) is 27.2 Å². The predicted molar refractivity (Wildman–Crippen MR) is 115 cm³/mol. The Morgan fingerprint density at radius 3 is 2.52 bits per heavy atom. The molecule has 2 rings (SSSR count). The monoisotopic (exact) mass is 404 g/mol. The van der Waals surface area contributed by atoms with E-state index in [0.717, 1.165) is 24.0 Å². The summed E-state index contributed by atoms with van der Waals surface area (Å²) in [5.74, 6) is -0.384. The average molecular weight is 405 g/mol. The van der Waals surface area contributed by atoms with Crippen molar-refractivity contribution in [1.82, 2.24) is 0 Å². The highest BCUT2D eigenvalue weighted by Crippen LogP contribution is 2.44. The molecule has 0 amide bonds. The Kier molecular flexibility index (Phi) is 7.50. The zero-order valence-electron chi connectivity index (χ0n) is 18.6. The van der Waals surface area contributed by atoms with Crippen molar-refractivity contribution < 1.29 is 23.4 Å². The number of esters is 1. The third-order valence-corrected chi connectivity index (χ3v) is 4.83. The summed E-state index contributed by atoms with van der Waals surface area (Å²) < 4.78 is 31.7. The summed E-state index contributed by atoms with van der Waals surface area (Å²) in [5.41, 5.74) is 2.32. The van der Waals surface area contributed by atoms with Gasteiger partial charge in [0.2, 0.25) is 5.83 Å². The summed E-state index contributed by atoms with van der Waals surface area (Å²) in [4.78, 5) is 11.9. The molecule has 0 atom stereocenters. The molecule has 1 heterocycles. The highest BCUT2D eigenvalue weighted by molar-refractivity contribution is 5.96. The lowest BCUT2D eigenvalue weighted by atomic mass is 9.86. The Balaban J connectivity index is 2.64. The van der Waals surface area contributed by atoms with E-state index in [2.05, 4.69) is 26.8 Å². The Labute approximate surface area is 173 Å². The van der Waals surface area contributed by atoms with Crippen LogP contribution >= 0.6 is 0 Å². The van der Waals surface area contributed by atoms with Gasteiger partial charge in [-0.25, -0.2) is 4.79 Å². The molecule has 0 bridgehead atoms. The van der Waals surface area contributed by atoms with Crippen molar-refractivity contribution in [1.29, 1.82) is 0 Å². The van der Waals surface area contributed by atoms with Crippen molar-refractivity contribution in [2.75, 3.05) is 13.2 Å². The molecule has 0 fully saturated rings. The van der Waals surface area contributed by atoms with Crippen LogP contribution in [-0.4, -0.2) is 24.8 Å². The van der Waals surface area contributed by atoms with Crippen molar-refractivity contribution >= 4 is 17.1 Å². The van der Waals surface area contributed by atoms with Gasteiger partial charge in [-0.3, -0.25) is 0 Å². The van der Waals surface area contributed by atoms with Gasteiger partial charge in [-0.2, -0.15) is 4.39 Å². The topological polar surface area (TPSA) is 44.8 Å². The molecule has 0 aromatic heterocycles. The fraction of sp³-hybridized carbons (Fsp3) is 0.542. The Hall–Kier alpha value is -2.30. The summed E-state index contributed by atoms with van der Waals surface area (Å²) >= 11 is 0. The fourth-order valence-electron chi connectivity index (χ4n) is 3.32. The summed E-state index contributed by atoms with van der Waals surface area (Å²) in [6.07, 6.45) is 3.96. The highest BCUT2D eigenvalue weighted by Gasteiger charge is 2.30. The number of hydrogen-bond donors (Lipinski definition) is 0. The van der Waals surface area contributed by atoms with Crippen LogP contribution in [0.5, 0.6) is 11.5 Å². The van der Waals surface area contributed by atoms with E-state index in [9.17, 15) is 9.18 Å². The second kappa shape index (κ2) is 9.47. The lowest BCUT2D eigenvalue weighted by Gasteiger charge is -2.33. The number of carbonyl (C=O) groups is 1. The first-order valence-electron chi connectivity index (χ1n) is 10.4. The second-order valence-corrected chi connectivity index (χ2v) is 8.17. The van der Waals surface area contributed by atoms with Crippen LogP contribution in [-0.2, 0) is 9.53 Å². The standard InChI is InChI=1S/C24H33FO4/c1-8-10-11-28-20-13-21-18(19(15(3)4)14-24(6,7)29-21)12-17(20)16(5)22(25)23(26)27-9-2/h12-15H,8-11H2,1-7H3. The van der Waals surface area contributed by atoms with Gasteiger partial charge in [-0.05, 0) is 57.7 Å². The van der Waals surface area contributed by atoms with Crippen LogP contribution in [0.15, 0.2) is 24.0 Å². The number of hydrogen-bond acceptors (Lipinski definition) is 4. The van der Waals surface area contributed by atoms with Crippen molar-refractivity contribution in [3.05, 3.63) is 35.2 Å². The van der Waals surface area contributed by atoms with Crippen molar-refractivity contribution in [3.8, 4) is 11.5 Å². The minimum Gasteiger partial charge on any atom is -0.493 e. The first-order valence-corrected chi connectivity index (χ1v) is 10.4. The Morgan fingerprint density at radius 2 is 1.93 bits per heavy atom. The smallest absolute Gasteiger partial charge is 0.367 e. The Bertz CT molecular complexity index is 818. The molecule has 5 heteroatoms. The quantitative estimate of drug-likeness (QED) is 0.288. The van der Waals surface area contributed by atoms with Crippen LogP contribution in [0.1, 0.15) is 72.4 Å². The van der Waals surface area contributed by atoms with Crippen LogP contribution in [0.25, 0.3) is 11.1 Å². The van der Waals surface area contributed by atoms with Gasteiger partial charge in [0.25, 0.3) is 0 Å². The van der Waals surface area contributed by atoms with Gasteiger partial charge in [0.1, 0.15) is 17.1 Å². The molecule has 0 radical (unpaired) electrons. The molecule has 29 heavy (non-hydrogen) atoms. The van der Waals surface area contributed by atoms with Crippen molar-refractivity contribution in [2.45, 2.75) is 66.9 Å². The molecule has 0 spiro atoms.